The van der Waals surface area contributed by atoms with Gasteiger partial charge in [0.1, 0.15) is 0 Å². The minimum atomic E-state index is 0.783. The lowest BCUT2D eigenvalue weighted by molar-refractivity contribution is 0.618. The standard InChI is InChI=1S/C13H20ClN/c14-10-4-5-11-15-12-6-9-13-7-2-1-3-8-13/h1-3,7-8,15H,4-6,9-12H2. The van der Waals surface area contributed by atoms with Gasteiger partial charge in [-0.25, -0.2) is 0 Å². The van der Waals surface area contributed by atoms with Gasteiger partial charge in [0, 0.05) is 5.88 Å². The molecule has 0 saturated carbocycles. The van der Waals surface area contributed by atoms with Gasteiger partial charge in [-0.05, 0) is 44.3 Å². The molecular formula is C13H20ClN. The van der Waals surface area contributed by atoms with Gasteiger partial charge in [-0.15, -0.1) is 11.6 Å². The van der Waals surface area contributed by atoms with E-state index < -0.39 is 0 Å². The molecule has 15 heavy (non-hydrogen) atoms. The zero-order valence-electron chi connectivity index (χ0n) is 9.21. The summed E-state index contributed by atoms with van der Waals surface area (Å²) in [6.45, 7) is 2.21. The van der Waals surface area contributed by atoms with Crippen molar-refractivity contribution in [3.8, 4) is 0 Å². The lowest BCUT2D eigenvalue weighted by Gasteiger charge is -2.04. The Bertz CT molecular complexity index is 236. The Morgan fingerprint density at radius 2 is 1.67 bits per heavy atom. The summed E-state index contributed by atoms with van der Waals surface area (Å²) in [4.78, 5) is 0. The predicted octanol–water partition coefficient (Wildman–Crippen LogP) is 3.23. The van der Waals surface area contributed by atoms with Gasteiger partial charge in [0.15, 0.2) is 0 Å². The molecule has 0 atom stereocenters. The van der Waals surface area contributed by atoms with E-state index >= 15 is 0 Å². The molecule has 0 radical (unpaired) electrons. The quantitative estimate of drug-likeness (QED) is 0.529. The van der Waals surface area contributed by atoms with Crippen molar-refractivity contribution in [2.45, 2.75) is 25.7 Å². The highest BCUT2D eigenvalue weighted by Crippen LogP contribution is 2.01. The van der Waals surface area contributed by atoms with Crippen molar-refractivity contribution in [2.75, 3.05) is 19.0 Å². The summed E-state index contributed by atoms with van der Waals surface area (Å²) < 4.78 is 0. The van der Waals surface area contributed by atoms with Crippen LogP contribution < -0.4 is 5.32 Å². The third-order valence-electron chi connectivity index (χ3n) is 2.40. The van der Waals surface area contributed by atoms with Gasteiger partial charge < -0.3 is 5.32 Å². The maximum atomic E-state index is 5.59. The van der Waals surface area contributed by atoms with E-state index in [0.717, 1.165) is 25.4 Å². The maximum Gasteiger partial charge on any atom is 0.0223 e. The molecule has 0 aliphatic rings. The molecule has 0 aliphatic heterocycles. The number of rotatable bonds is 8. The van der Waals surface area contributed by atoms with Crippen LogP contribution in [0.5, 0.6) is 0 Å². The maximum absolute atomic E-state index is 5.59. The molecule has 0 unspecified atom stereocenters. The van der Waals surface area contributed by atoms with Gasteiger partial charge in [-0.3, -0.25) is 0 Å². The molecule has 0 saturated heterocycles. The number of halogens is 1. The fraction of sp³-hybridized carbons (Fsp3) is 0.538. The van der Waals surface area contributed by atoms with Crippen LogP contribution in [0.15, 0.2) is 30.3 Å². The second-order valence-electron chi connectivity index (χ2n) is 3.74. The fourth-order valence-electron chi connectivity index (χ4n) is 1.53. The Labute approximate surface area is 97.8 Å². The number of aryl methyl sites for hydroxylation is 1. The van der Waals surface area contributed by atoms with Crippen LogP contribution in [0.25, 0.3) is 0 Å². The summed E-state index contributed by atoms with van der Waals surface area (Å²) in [5.41, 5.74) is 1.43. The van der Waals surface area contributed by atoms with E-state index in [4.69, 9.17) is 11.6 Å². The normalized spacial score (nSPS) is 10.5. The molecule has 0 bridgehead atoms. The Balaban J connectivity index is 1.93. The number of hydrogen-bond donors (Lipinski definition) is 1. The van der Waals surface area contributed by atoms with E-state index in [1.54, 1.807) is 0 Å². The van der Waals surface area contributed by atoms with E-state index in [2.05, 4.69) is 35.6 Å². The van der Waals surface area contributed by atoms with E-state index in [1.165, 1.54) is 24.8 Å². The molecule has 84 valence electrons. The van der Waals surface area contributed by atoms with Crippen molar-refractivity contribution in [1.29, 1.82) is 0 Å². The second kappa shape index (κ2) is 8.75. The molecule has 0 aromatic heterocycles. The molecule has 0 spiro atoms. The SMILES string of the molecule is ClCCCCNCCCc1ccccc1. The molecular weight excluding hydrogens is 206 g/mol. The van der Waals surface area contributed by atoms with Gasteiger partial charge in [0.05, 0.1) is 0 Å². The van der Waals surface area contributed by atoms with Crippen molar-refractivity contribution in [3.05, 3.63) is 35.9 Å². The number of unbranched alkanes of at least 4 members (excludes halogenated alkanes) is 1. The first-order valence-electron chi connectivity index (χ1n) is 5.74. The summed E-state index contributed by atoms with van der Waals surface area (Å²) in [6.07, 6.45) is 4.69. The van der Waals surface area contributed by atoms with Crippen molar-refractivity contribution >= 4 is 11.6 Å². The van der Waals surface area contributed by atoms with Crippen molar-refractivity contribution in [3.63, 3.8) is 0 Å². The zero-order valence-corrected chi connectivity index (χ0v) is 9.97. The smallest absolute Gasteiger partial charge is 0.0223 e. The second-order valence-corrected chi connectivity index (χ2v) is 4.11. The topological polar surface area (TPSA) is 12.0 Å². The Morgan fingerprint density at radius 1 is 0.933 bits per heavy atom. The van der Waals surface area contributed by atoms with E-state index in [-0.39, 0.29) is 0 Å². The molecule has 1 nitrogen and oxygen atoms in total. The molecule has 1 aromatic rings. The van der Waals surface area contributed by atoms with Crippen LogP contribution in [0.1, 0.15) is 24.8 Å². The molecule has 1 N–H and O–H groups in total. The first-order valence-corrected chi connectivity index (χ1v) is 6.27. The Kier molecular flexibility index (Phi) is 7.32. The lowest BCUT2D eigenvalue weighted by atomic mass is 10.1. The Morgan fingerprint density at radius 3 is 2.40 bits per heavy atom. The van der Waals surface area contributed by atoms with Crippen LogP contribution in [0.3, 0.4) is 0 Å². The first kappa shape index (κ1) is 12.5. The first-order chi connectivity index (χ1) is 7.43. The molecule has 1 rings (SSSR count). The summed E-state index contributed by atoms with van der Waals surface area (Å²) in [5, 5.41) is 3.43. The number of hydrogen-bond acceptors (Lipinski definition) is 1. The molecule has 2 heteroatoms. The zero-order chi connectivity index (χ0) is 10.8. The molecule has 0 heterocycles. The molecule has 1 aromatic carbocycles. The number of benzene rings is 1. The lowest BCUT2D eigenvalue weighted by Crippen LogP contribution is -2.17. The van der Waals surface area contributed by atoms with Gasteiger partial charge in [-0.1, -0.05) is 30.3 Å². The highest BCUT2D eigenvalue weighted by molar-refractivity contribution is 6.17. The minimum Gasteiger partial charge on any atom is -0.317 e. The van der Waals surface area contributed by atoms with Crippen LogP contribution >= 0.6 is 11.6 Å². The van der Waals surface area contributed by atoms with Gasteiger partial charge in [-0.2, -0.15) is 0 Å². The summed E-state index contributed by atoms with van der Waals surface area (Å²) in [5.74, 6) is 0.783. The molecule has 0 aliphatic carbocycles. The minimum absolute atomic E-state index is 0.783. The van der Waals surface area contributed by atoms with Crippen LogP contribution in [-0.2, 0) is 6.42 Å². The molecule has 0 amide bonds. The van der Waals surface area contributed by atoms with E-state index in [1.807, 2.05) is 0 Å². The Hall–Kier alpha value is -0.530. The monoisotopic (exact) mass is 225 g/mol. The van der Waals surface area contributed by atoms with Gasteiger partial charge >= 0.3 is 0 Å². The van der Waals surface area contributed by atoms with Crippen molar-refractivity contribution in [2.24, 2.45) is 0 Å². The van der Waals surface area contributed by atoms with E-state index in [9.17, 15) is 0 Å². The van der Waals surface area contributed by atoms with Crippen LogP contribution in [0.4, 0.5) is 0 Å². The van der Waals surface area contributed by atoms with E-state index in [0.29, 0.717) is 0 Å². The summed E-state index contributed by atoms with van der Waals surface area (Å²) in [6, 6.07) is 10.6. The number of nitrogens with one attached hydrogen (secondary N) is 1. The fourth-order valence-corrected chi connectivity index (χ4v) is 1.72. The van der Waals surface area contributed by atoms with Crippen LogP contribution in [-0.4, -0.2) is 19.0 Å². The molecule has 0 fully saturated rings. The third kappa shape index (κ3) is 6.53. The average Bonchev–Trinajstić information content (AvgIpc) is 2.29. The van der Waals surface area contributed by atoms with Gasteiger partial charge in [0.2, 0.25) is 0 Å². The highest BCUT2D eigenvalue weighted by atomic mass is 35.5. The summed E-state index contributed by atoms with van der Waals surface area (Å²) in [7, 11) is 0. The largest absolute Gasteiger partial charge is 0.317 e. The highest BCUT2D eigenvalue weighted by Gasteiger charge is 1.91. The van der Waals surface area contributed by atoms with Crippen molar-refractivity contribution in [1.82, 2.24) is 5.32 Å². The average molecular weight is 226 g/mol. The summed E-state index contributed by atoms with van der Waals surface area (Å²) >= 11 is 5.59. The van der Waals surface area contributed by atoms with Crippen molar-refractivity contribution < 1.29 is 0 Å². The van der Waals surface area contributed by atoms with Gasteiger partial charge in [0.25, 0.3) is 0 Å². The van der Waals surface area contributed by atoms with Crippen LogP contribution in [0, 0.1) is 0 Å². The number of alkyl halides is 1. The third-order valence-corrected chi connectivity index (χ3v) is 2.67. The predicted molar refractivity (Wildman–Crippen MR) is 67.6 cm³/mol. The van der Waals surface area contributed by atoms with Crippen LogP contribution in [0.2, 0.25) is 0 Å².